The lowest BCUT2D eigenvalue weighted by Crippen LogP contribution is -2.39. The first-order valence-electron chi connectivity index (χ1n) is 5.99. The maximum atomic E-state index is 6.13. The van der Waals surface area contributed by atoms with Gasteiger partial charge in [-0.2, -0.15) is 4.98 Å². The monoisotopic (exact) mass is 325 g/mol. The van der Waals surface area contributed by atoms with Gasteiger partial charge in [-0.15, -0.1) is 0 Å². The number of rotatable bonds is 5. The smallest absolute Gasteiger partial charge is 0.258 e. The number of ether oxygens (including phenoxy) is 1. The third-order valence-corrected chi connectivity index (χ3v) is 3.11. The van der Waals surface area contributed by atoms with E-state index in [1.54, 1.807) is 0 Å². The van der Waals surface area contributed by atoms with Crippen molar-refractivity contribution in [1.29, 1.82) is 0 Å². The van der Waals surface area contributed by atoms with Gasteiger partial charge in [0.15, 0.2) is 5.82 Å². The van der Waals surface area contributed by atoms with Gasteiger partial charge in [-0.3, -0.25) is 0 Å². The Morgan fingerprint density at radius 2 is 2.26 bits per heavy atom. The Morgan fingerprint density at radius 3 is 2.95 bits per heavy atom. The zero-order chi connectivity index (χ0) is 13.9. The molecule has 0 saturated heterocycles. The number of nitrogens with zero attached hydrogens (tertiary/aromatic N) is 2. The fourth-order valence-electron chi connectivity index (χ4n) is 1.57. The van der Waals surface area contributed by atoms with Gasteiger partial charge in [-0.05, 0) is 32.0 Å². The summed E-state index contributed by atoms with van der Waals surface area (Å²) in [6, 6.07) is 7.65. The molecular formula is C13H16BrN3O2. The van der Waals surface area contributed by atoms with E-state index in [0.29, 0.717) is 24.9 Å². The third kappa shape index (κ3) is 3.40. The first kappa shape index (κ1) is 14.2. The average molecular weight is 326 g/mol. The number of halogens is 1. The van der Waals surface area contributed by atoms with E-state index in [9.17, 15) is 0 Å². The molecule has 102 valence electrons. The maximum Gasteiger partial charge on any atom is 0.258 e. The number of nitrogens with two attached hydrogens (primary N) is 1. The van der Waals surface area contributed by atoms with Crippen molar-refractivity contribution in [2.24, 2.45) is 5.73 Å². The predicted molar refractivity (Wildman–Crippen MR) is 75.5 cm³/mol. The quantitative estimate of drug-likeness (QED) is 0.914. The highest BCUT2D eigenvalue weighted by Crippen LogP contribution is 2.23. The molecule has 6 heteroatoms. The second-order valence-corrected chi connectivity index (χ2v) is 5.40. The van der Waals surface area contributed by atoms with Gasteiger partial charge in [0.05, 0.1) is 6.61 Å². The van der Waals surface area contributed by atoms with Crippen molar-refractivity contribution in [2.75, 3.05) is 13.2 Å². The molecule has 0 amide bonds. The van der Waals surface area contributed by atoms with Crippen LogP contribution in [0.2, 0.25) is 0 Å². The topological polar surface area (TPSA) is 74.2 Å². The van der Waals surface area contributed by atoms with Crippen LogP contribution < -0.4 is 5.73 Å². The number of benzene rings is 1. The van der Waals surface area contributed by atoms with Crippen molar-refractivity contribution in [3.8, 4) is 11.5 Å². The molecule has 0 aliphatic heterocycles. The molecule has 0 aliphatic carbocycles. The summed E-state index contributed by atoms with van der Waals surface area (Å²) in [5.41, 5.74) is 6.21. The molecule has 1 unspecified atom stereocenters. The third-order valence-electron chi connectivity index (χ3n) is 2.61. The number of hydrogen-bond acceptors (Lipinski definition) is 5. The first-order chi connectivity index (χ1) is 9.03. The van der Waals surface area contributed by atoms with Gasteiger partial charge in [0.2, 0.25) is 0 Å². The molecule has 1 aromatic heterocycles. The fourth-order valence-corrected chi connectivity index (χ4v) is 1.97. The van der Waals surface area contributed by atoms with Crippen LogP contribution in [0, 0.1) is 0 Å². The van der Waals surface area contributed by atoms with Crippen molar-refractivity contribution < 1.29 is 9.26 Å². The lowest BCUT2D eigenvalue weighted by atomic mass is 10.1. The maximum absolute atomic E-state index is 6.13. The van der Waals surface area contributed by atoms with Crippen LogP contribution in [0.4, 0.5) is 0 Å². The number of hydrogen-bond donors (Lipinski definition) is 1. The van der Waals surface area contributed by atoms with Crippen LogP contribution in [-0.2, 0) is 10.3 Å². The lowest BCUT2D eigenvalue weighted by molar-refractivity contribution is 0.0962. The standard InChI is InChI=1S/C13H16BrN3O2/c1-3-18-8-13(2,15)12-16-11(19-17-12)9-5-4-6-10(14)7-9/h4-7H,3,8,15H2,1-2H3. The molecule has 1 heterocycles. The van der Waals surface area contributed by atoms with E-state index in [-0.39, 0.29) is 0 Å². The van der Waals surface area contributed by atoms with Crippen LogP contribution in [0.5, 0.6) is 0 Å². The first-order valence-corrected chi connectivity index (χ1v) is 6.79. The molecule has 1 atom stereocenters. The fraction of sp³-hybridized carbons (Fsp3) is 0.385. The summed E-state index contributed by atoms with van der Waals surface area (Å²) in [4.78, 5) is 4.34. The highest BCUT2D eigenvalue weighted by Gasteiger charge is 2.28. The van der Waals surface area contributed by atoms with Gasteiger partial charge in [0, 0.05) is 16.6 Å². The van der Waals surface area contributed by atoms with Crippen molar-refractivity contribution in [3.05, 3.63) is 34.6 Å². The van der Waals surface area contributed by atoms with Crippen LogP contribution in [0.15, 0.2) is 33.3 Å². The summed E-state index contributed by atoms with van der Waals surface area (Å²) in [5.74, 6) is 0.889. The van der Waals surface area contributed by atoms with E-state index >= 15 is 0 Å². The summed E-state index contributed by atoms with van der Waals surface area (Å²) in [7, 11) is 0. The molecule has 0 fully saturated rings. The minimum Gasteiger partial charge on any atom is -0.379 e. The molecule has 0 saturated carbocycles. The summed E-state index contributed by atoms with van der Waals surface area (Å²) in [6.07, 6.45) is 0. The van der Waals surface area contributed by atoms with E-state index in [0.717, 1.165) is 10.0 Å². The highest BCUT2D eigenvalue weighted by atomic mass is 79.9. The Balaban J connectivity index is 2.23. The van der Waals surface area contributed by atoms with Crippen molar-refractivity contribution in [1.82, 2.24) is 10.1 Å². The van der Waals surface area contributed by atoms with Crippen molar-refractivity contribution in [2.45, 2.75) is 19.4 Å². The lowest BCUT2D eigenvalue weighted by Gasteiger charge is -2.19. The molecular weight excluding hydrogens is 310 g/mol. The summed E-state index contributed by atoms with van der Waals surface area (Å²) >= 11 is 3.41. The van der Waals surface area contributed by atoms with Crippen molar-refractivity contribution in [3.63, 3.8) is 0 Å². The second kappa shape index (κ2) is 5.81. The van der Waals surface area contributed by atoms with Crippen LogP contribution in [0.3, 0.4) is 0 Å². The molecule has 2 N–H and O–H groups in total. The Hall–Kier alpha value is -1.24. The van der Waals surface area contributed by atoms with Crippen LogP contribution in [0.25, 0.3) is 11.5 Å². The Morgan fingerprint density at radius 1 is 1.47 bits per heavy atom. The van der Waals surface area contributed by atoms with Gasteiger partial charge in [-0.25, -0.2) is 0 Å². The van der Waals surface area contributed by atoms with E-state index in [4.69, 9.17) is 15.0 Å². The molecule has 5 nitrogen and oxygen atoms in total. The molecule has 0 bridgehead atoms. The average Bonchev–Trinajstić information content (AvgIpc) is 2.87. The summed E-state index contributed by atoms with van der Waals surface area (Å²) in [5, 5.41) is 3.94. The Kier molecular flexibility index (Phi) is 4.34. The second-order valence-electron chi connectivity index (χ2n) is 4.49. The molecule has 2 rings (SSSR count). The van der Waals surface area contributed by atoms with Gasteiger partial charge >= 0.3 is 0 Å². The molecule has 0 spiro atoms. The van der Waals surface area contributed by atoms with E-state index in [1.807, 2.05) is 38.1 Å². The number of aromatic nitrogens is 2. The van der Waals surface area contributed by atoms with Gasteiger partial charge in [0.1, 0.15) is 5.54 Å². The molecule has 1 aromatic carbocycles. The van der Waals surface area contributed by atoms with Gasteiger partial charge in [-0.1, -0.05) is 27.2 Å². The molecule has 0 radical (unpaired) electrons. The minimum absolute atomic E-state index is 0.348. The normalized spacial score (nSPS) is 14.3. The molecule has 0 aliphatic rings. The minimum atomic E-state index is -0.760. The zero-order valence-corrected chi connectivity index (χ0v) is 12.5. The van der Waals surface area contributed by atoms with E-state index in [2.05, 4.69) is 26.1 Å². The van der Waals surface area contributed by atoms with E-state index < -0.39 is 5.54 Å². The van der Waals surface area contributed by atoms with Crippen LogP contribution in [-0.4, -0.2) is 23.4 Å². The largest absolute Gasteiger partial charge is 0.379 e. The van der Waals surface area contributed by atoms with Gasteiger partial charge < -0.3 is 15.0 Å². The van der Waals surface area contributed by atoms with Gasteiger partial charge in [0.25, 0.3) is 5.89 Å². The summed E-state index contributed by atoms with van der Waals surface area (Å²) < 4.78 is 11.5. The molecule has 19 heavy (non-hydrogen) atoms. The highest BCUT2D eigenvalue weighted by molar-refractivity contribution is 9.10. The zero-order valence-electron chi connectivity index (χ0n) is 10.9. The summed E-state index contributed by atoms with van der Waals surface area (Å²) in [6.45, 7) is 4.68. The van der Waals surface area contributed by atoms with Crippen molar-refractivity contribution >= 4 is 15.9 Å². The van der Waals surface area contributed by atoms with Crippen LogP contribution >= 0.6 is 15.9 Å². The predicted octanol–water partition coefficient (Wildman–Crippen LogP) is 2.71. The van der Waals surface area contributed by atoms with Crippen LogP contribution in [0.1, 0.15) is 19.7 Å². The van der Waals surface area contributed by atoms with E-state index in [1.165, 1.54) is 0 Å². The Labute approximate surface area is 120 Å². The SMILES string of the molecule is CCOCC(C)(N)c1noc(-c2cccc(Br)c2)n1. The molecule has 2 aromatic rings. The Bertz CT molecular complexity index is 554.